The molecule has 1 aliphatic rings. The minimum absolute atomic E-state index is 0.0262. The predicted octanol–water partition coefficient (Wildman–Crippen LogP) is 5.07. The first-order chi connectivity index (χ1) is 13.9. The van der Waals surface area contributed by atoms with Gasteiger partial charge in [0.15, 0.2) is 5.82 Å². The van der Waals surface area contributed by atoms with E-state index < -0.39 is 11.7 Å². The number of rotatable bonds is 3. The van der Waals surface area contributed by atoms with Crippen molar-refractivity contribution in [3.05, 3.63) is 71.3 Å². The molecule has 148 valence electrons. The smallest absolute Gasteiger partial charge is 0.384 e. The second kappa shape index (κ2) is 7.20. The fraction of sp³-hybridized carbons (Fsp3) is 0.190. The van der Waals surface area contributed by atoms with Gasteiger partial charge in [0, 0.05) is 17.2 Å². The number of fused-ring (bicyclic) bond motifs is 1. The highest BCUT2D eigenvalue weighted by atomic mass is 19.4. The molecular weight excluding hydrogens is 379 g/mol. The highest BCUT2D eigenvalue weighted by Gasteiger charge is 2.34. The molecule has 0 aliphatic carbocycles. The Kier molecular flexibility index (Phi) is 4.70. The van der Waals surface area contributed by atoms with Crippen molar-refractivity contribution in [2.75, 3.05) is 11.1 Å². The zero-order valence-electron chi connectivity index (χ0n) is 15.5. The molecule has 29 heavy (non-hydrogen) atoms. The number of aromatic nitrogens is 2. The number of hydrogen-bond acceptors (Lipinski definition) is 5. The second-order valence-corrected chi connectivity index (χ2v) is 6.66. The Labute approximate surface area is 165 Å². The van der Waals surface area contributed by atoms with Crippen LogP contribution in [-0.4, -0.2) is 15.8 Å². The summed E-state index contributed by atoms with van der Waals surface area (Å²) in [7, 11) is 0. The topological polar surface area (TPSA) is 76.2 Å². The first kappa shape index (κ1) is 18.9. The maximum absolute atomic E-state index is 13.4. The Morgan fingerprint density at radius 3 is 2.41 bits per heavy atom. The number of anilines is 2. The van der Waals surface area contributed by atoms with Gasteiger partial charge >= 0.3 is 6.18 Å². The SMILES string of the molecule is CCC1N=C(Nc2cc(N)nc(-c3ccccc3C(F)(F)F)n2)c2ccccc21. The van der Waals surface area contributed by atoms with Gasteiger partial charge in [-0.05, 0) is 18.1 Å². The molecule has 3 N–H and O–H groups in total. The minimum Gasteiger partial charge on any atom is -0.384 e. The number of nitrogens with zero attached hydrogens (tertiary/aromatic N) is 3. The molecule has 2 aromatic carbocycles. The lowest BCUT2D eigenvalue weighted by Gasteiger charge is -2.13. The van der Waals surface area contributed by atoms with Crippen molar-refractivity contribution < 1.29 is 13.2 Å². The highest BCUT2D eigenvalue weighted by Crippen LogP contribution is 2.36. The van der Waals surface area contributed by atoms with Crippen molar-refractivity contribution >= 4 is 17.5 Å². The zero-order valence-corrected chi connectivity index (χ0v) is 15.5. The van der Waals surface area contributed by atoms with E-state index in [0.717, 1.165) is 23.6 Å². The van der Waals surface area contributed by atoms with Crippen LogP contribution >= 0.6 is 0 Å². The third-order valence-corrected chi connectivity index (χ3v) is 4.71. The van der Waals surface area contributed by atoms with E-state index in [2.05, 4.69) is 20.3 Å². The summed E-state index contributed by atoms with van der Waals surface area (Å²) in [4.78, 5) is 13.0. The number of nitrogens with two attached hydrogens (primary N) is 1. The van der Waals surface area contributed by atoms with E-state index in [0.29, 0.717) is 5.84 Å². The molecule has 0 saturated heterocycles. The van der Waals surface area contributed by atoms with Crippen molar-refractivity contribution in [1.29, 1.82) is 0 Å². The molecule has 4 rings (SSSR count). The van der Waals surface area contributed by atoms with E-state index >= 15 is 0 Å². The molecule has 5 nitrogen and oxygen atoms in total. The Morgan fingerprint density at radius 1 is 1.00 bits per heavy atom. The van der Waals surface area contributed by atoms with Crippen molar-refractivity contribution in [3.8, 4) is 11.4 Å². The summed E-state index contributed by atoms with van der Waals surface area (Å²) in [5.74, 6) is 0.864. The van der Waals surface area contributed by atoms with Gasteiger partial charge in [-0.1, -0.05) is 49.4 Å². The van der Waals surface area contributed by atoms with Crippen LogP contribution in [0.15, 0.2) is 59.6 Å². The van der Waals surface area contributed by atoms with Crippen molar-refractivity contribution in [3.63, 3.8) is 0 Å². The van der Waals surface area contributed by atoms with Crippen LogP contribution < -0.4 is 11.1 Å². The van der Waals surface area contributed by atoms with Crippen LogP contribution in [0.5, 0.6) is 0 Å². The van der Waals surface area contributed by atoms with Gasteiger partial charge in [-0.25, -0.2) is 9.97 Å². The van der Waals surface area contributed by atoms with Crippen LogP contribution in [0, 0.1) is 0 Å². The Morgan fingerprint density at radius 2 is 1.69 bits per heavy atom. The molecule has 1 unspecified atom stereocenters. The fourth-order valence-corrected chi connectivity index (χ4v) is 3.41. The largest absolute Gasteiger partial charge is 0.417 e. The lowest BCUT2D eigenvalue weighted by Crippen LogP contribution is -2.14. The fourth-order valence-electron chi connectivity index (χ4n) is 3.41. The first-order valence-corrected chi connectivity index (χ1v) is 9.12. The van der Waals surface area contributed by atoms with E-state index in [1.807, 2.05) is 31.2 Å². The first-order valence-electron chi connectivity index (χ1n) is 9.12. The summed E-state index contributed by atoms with van der Waals surface area (Å²) >= 11 is 0. The third kappa shape index (κ3) is 3.65. The normalized spacial score (nSPS) is 15.7. The lowest BCUT2D eigenvalue weighted by atomic mass is 10.0. The van der Waals surface area contributed by atoms with Crippen molar-refractivity contribution in [1.82, 2.24) is 9.97 Å². The predicted molar refractivity (Wildman–Crippen MR) is 107 cm³/mol. The van der Waals surface area contributed by atoms with Crippen molar-refractivity contribution in [2.45, 2.75) is 25.6 Å². The number of hydrogen-bond donors (Lipinski definition) is 2. The molecule has 0 saturated carbocycles. The second-order valence-electron chi connectivity index (χ2n) is 6.66. The van der Waals surface area contributed by atoms with Gasteiger partial charge in [-0.3, -0.25) is 4.99 Å². The number of nitrogen functional groups attached to an aromatic ring is 1. The summed E-state index contributed by atoms with van der Waals surface area (Å²) in [5, 5.41) is 3.11. The van der Waals surface area contributed by atoms with Crippen LogP contribution in [0.2, 0.25) is 0 Å². The summed E-state index contributed by atoms with van der Waals surface area (Å²) in [5.41, 5.74) is 6.96. The quantitative estimate of drug-likeness (QED) is 0.647. The van der Waals surface area contributed by atoms with Gasteiger partial charge in [0.25, 0.3) is 0 Å². The zero-order chi connectivity index (χ0) is 20.6. The maximum Gasteiger partial charge on any atom is 0.417 e. The van der Waals surface area contributed by atoms with Gasteiger partial charge < -0.3 is 11.1 Å². The lowest BCUT2D eigenvalue weighted by molar-refractivity contribution is -0.137. The molecule has 8 heteroatoms. The molecule has 1 aromatic heterocycles. The molecule has 0 spiro atoms. The maximum atomic E-state index is 13.4. The average molecular weight is 397 g/mol. The summed E-state index contributed by atoms with van der Waals surface area (Å²) < 4.78 is 40.2. The molecule has 0 fully saturated rings. The van der Waals surface area contributed by atoms with Crippen LogP contribution in [0.4, 0.5) is 24.8 Å². The monoisotopic (exact) mass is 397 g/mol. The van der Waals surface area contributed by atoms with Gasteiger partial charge in [0.05, 0.1) is 11.6 Å². The minimum atomic E-state index is -4.53. The molecule has 2 heterocycles. The van der Waals surface area contributed by atoms with E-state index in [1.165, 1.54) is 24.3 Å². The number of alkyl halides is 3. The van der Waals surface area contributed by atoms with Crippen LogP contribution in [-0.2, 0) is 6.18 Å². The number of nitrogens with one attached hydrogen (secondary N) is 1. The van der Waals surface area contributed by atoms with Gasteiger partial charge in [0.2, 0.25) is 0 Å². The van der Waals surface area contributed by atoms with Gasteiger partial charge in [-0.15, -0.1) is 0 Å². The van der Waals surface area contributed by atoms with Gasteiger partial charge in [-0.2, -0.15) is 13.2 Å². The summed E-state index contributed by atoms with van der Waals surface area (Å²) in [6.45, 7) is 2.04. The van der Waals surface area contributed by atoms with Crippen molar-refractivity contribution in [2.24, 2.45) is 4.99 Å². The highest BCUT2D eigenvalue weighted by molar-refractivity contribution is 6.10. The number of halogens is 3. The molecule has 1 atom stereocenters. The van der Waals surface area contributed by atoms with Gasteiger partial charge in [0.1, 0.15) is 17.5 Å². The van der Waals surface area contributed by atoms with E-state index in [-0.39, 0.29) is 29.1 Å². The van der Waals surface area contributed by atoms with E-state index in [9.17, 15) is 13.2 Å². The Balaban J connectivity index is 1.73. The number of benzene rings is 2. The average Bonchev–Trinajstić information content (AvgIpc) is 3.05. The molecule has 1 aliphatic heterocycles. The molecule has 3 aromatic rings. The van der Waals surface area contributed by atoms with Crippen LogP contribution in [0.1, 0.15) is 36.1 Å². The van der Waals surface area contributed by atoms with Crippen LogP contribution in [0.3, 0.4) is 0 Å². The standard InChI is InChI=1S/C21H18F3N5/c1-2-16-12-7-3-4-8-13(12)19(26-16)28-18-11-17(25)27-20(29-18)14-9-5-6-10-15(14)21(22,23)24/h3-11,16H,2H2,1H3,(H3,25,26,27,28,29). The molecular formula is C21H18F3N5. The van der Waals surface area contributed by atoms with E-state index in [4.69, 9.17) is 5.73 Å². The number of amidine groups is 1. The number of aliphatic imine (C=N–C) groups is 1. The third-order valence-electron chi connectivity index (χ3n) is 4.71. The molecule has 0 amide bonds. The summed E-state index contributed by atoms with van der Waals surface area (Å²) in [6, 6.07) is 14.5. The Bertz CT molecular complexity index is 1090. The summed E-state index contributed by atoms with van der Waals surface area (Å²) in [6.07, 6.45) is -3.70. The Hall–Kier alpha value is -3.42. The van der Waals surface area contributed by atoms with E-state index in [1.54, 1.807) is 0 Å². The van der Waals surface area contributed by atoms with Crippen LogP contribution in [0.25, 0.3) is 11.4 Å². The molecule has 0 radical (unpaired) electrons. The molecule has 0 bridgehead atoms.